The zero-order chi connectivity index (χ0) is 9.23. The summed E-state index contributed by atoms with van der Waals surface area (Å²) in [6.45, 7) is 6.25. The molecule has 0 aromatic heterocycles. The molecule has 12 heavy (non-hydrogen) atoms. The lowest BCUT2D eigenvalue weighted by Gasteiger charge is -2.18. The van der Waals surface area contributed by atoms with Crippen LogP contribution in [-0.4, -0.2) is 38.1 Å². The Kier molecular flexibility index (Phi) is 8.09. The molecular weight excluding hydrogens is 150 g/mol. The third-order valence-electron chi connectivity index (χ3n) is 1.89. The van der Waals surface area contributed by atoms with Crippen LogP contribution in [0.2, 0.25) is 0 Å². The molecule has 0 saturated heterocycles. The van der Waals surface area contributed by atoms with Gasteiger partial charge in [-0.3, -0.25) is 0 Å². The highest BCUT2D eigenvalue weighted by Gasteiger charge is 1.99. The fourth-order valence-corrected chi connectivity index (χ4v) is 1.12. The van der Waals surface area contributed by atoms with Crippen molar-refractivity contribution in [2.24, 2.45) is 0 Å². The molecule has 0 unspecified atom stereocenters. The van der Waals surface area contributed by atoms with Crippen LogP contribution in [0, 0.1) is 11.3 Å². The Morgan fingerprint density at radius 2 is 2.17 bits per heavy atom. The van der Waals surface area contributed by atoms with Crippen molar-refractivity contribution in [2.45, 2.75) is 19.8 Å². The Bertz CT molecular complexity index is 128. The first kappa shape index (κ1) is 11.4. The van der Waals surface area contributed by atoms with Crippen LogP contribution in [0.1, 0.15) is 19.8 Å². The van der Waals surface area contributed by atoms with Crippen molar-refractivity contribution in [2.75, 3.05) is 33.2 Å². The normalized spacial score (nSPS) is 10.2. The van der Waals surface area contributed by atoms with E-state index in [0.29, 0.717) is 6.42 Å². The van der Waals surface area contributed by atoms with E-state index in [4.69, 9.17) is 5.26 Å². The fraction of sp³-hybridized carbons (Fsp3) is 0.889. The number of nitriles is 1. The number of nitrogens with one attached hydrogen (secondary N) is 1. The quantitative estimate of drug-likeness (QED) is 0.574. The maximum Gasteiger partial charge on any atom is 0.0635 e. The molecule has 70 valence electrons. The van der Waals surface area contributed by atoms with E-state index in [1.165, 1.54) is 0 Å². The van der Waals surface area contributed by atoms with E-state index in [1.54, 1.807) is 0 Å². The zero-order valence-electron chi connectivity index (χ0n) is 8.14. The van der Waals surface area contributed by atoms with E-state index in [-0.39, 0.29) is 0 Å². The fourth-order valence-electron chi connectivity index (χ4n) is 1.12. The first-order chi connectivity index (χ1) is 5.85. The molecule has 0 aliphatic carbocycles. The standard InChI is InChI=1S/C9H19N3/c1-3-12(8-4-6-10)9-5-7-11-2/h11H,3-5,7-9H2,1-2H3. The summed E-state index contributed by atoms with van der Waals surface area (Å²) < 4.78 is 0. The van der Waals surface area contributed by atoms with E-state index >= 15 is 0 Å². The summed E-state index contributed by atoms with van der Waals surface area (Å²) in [5.41, 5.74) is 0. The zero-order valence-corrected chi connectivity index (χ0v) is 8.14. The summed E-state index contributed by atoms with van der Waals surface area (Å²) >= 11 is 0. The molecule has 0 aliphatic rings. The van der Waals surface area contributed by atoms with E-state index in [9.17, 15) is 0 Å². The lowest BCUT2D eigenvalue weighted by molar-refractivity contribution is 0.290. The van der Waals surface area contributed by atoms with Gasteiger partial charge in [0, 0.05) is 13.0 Å². The van der Waals surface area contributed by atoms with Crippen LogP contribution in [0.25, 0.3) is 0 Å². The van der Waals surface area contributed by atoms with Crippen molar-refractivity contribution in [3.8, 4) is 6.07 Å². The average molecular weight is 169 g/mol. The summed E-state index contributed by atoms with van der Waals surface area (Å²) in [4.78, 5) is 2.31. The minimum Gasteiger partial charge on any atom is -0.320 e. The Labute approximate surface area is 75.4 Å². The van der Waals surface area contributed by atoms with Crippen molar-refractivity contribution in [1.29, 1.82) is 5.26 Å². The number of rotatable bonds is 7. The predicted molar refractivity (Wildman–Crippen MR) is 50.9 cm³/mol. The summed E-state index contributed by atoms with van der Waals surface area (Å²) in [5, 5.41) is 11.5. The summed E-state index contributed by atoms with van der Waals surface area (Å²) in [7, 11) is 1.96. The highest BCUT2D eigenvalue weighted by Crippen LogP contribution is 1.92. The minimum atomic E-state index is 0.646. The molecule has 0 aromatic rings. The number of nitrogens with zero attached hydrogens (tertiary/aromatic N) is 2. The van der Waals surface area contributed by atoms with Gasteiger partial charge < -0.3 is 10.2 Å². The maximum absolute atomic E-state index is 8.39. The Morgan fingerprint density at radius 1 is 1.42 bits per heavy atom. The van der Waals surface area contributed by atoms with Gasteiger partial charge in [0.1, 0.15) is 0 Å². The highest BCUT2D eigenvalue weighted by atomic mass is 15.1. The van der Waals surface area contributed by atoms with E-state index in [0.717, 1.165) is 32.6 Å². The Hall–Kier alpha value is -0.590. The molecule has 3 nitrogen and oxygen atoms in total. The van der Waals surface area contributed by atoms with E-state index < -0.39 is 0 Å². The van der Waals surface area contributed by atoms with Gasteiger partial charge in [0.15, 0.2) is 0 Å². The smallest absolute Gasteiger partial charge is 0.0635 e. The van der Waals surface area contributed by atoms with Crippen molar-refractivity contribution in [1.82, 2.24) is 10.2 Å². The summed E-state index contributed by atoms with van der Waals surface area (Å²) in [6, 6.07) is 2.17. The van der Waals surface area contributed by atoms with Crippen molar-refractivity contribution < 1.29 is 0 Å². The molecule has 0 bridgehead atoms. The van der Waals surface area contributed by atoms with Crippen LogP contribution < -0.4 is 5.32 Å². The van der Waals surface area contributed by atoms with Crippen LogP contribution in [0.4, 0.5) is 0 Å². The van der Waals surface area contributed by atoms with Crippen molar-refractivity contribution in [3.63, 3.8) is 0 Å². The van der Waals surface area contributed by atoms with Gasteiger partial charge in [-0.05, 0) is 33.1 Å². The first-order valence-electron chi connectivity index (χ1n) is 4.59. The molecule has 0 spiro atoms. The average Bonchev–Trinajstić information content (AvgIpc) is 2.11. The third-order valence-corrected chi connectivity index (χ3v) is 1.89. The molecule has 0 atom stereocenters. The SMILES string of the molecule is CCN(CCC#N)CCCNC. The molecule has 0 heterocycles. The Morgan fingerprint density at radius 3 is 2.67 bits per heavy atom. The molecule has 0 rings (SSSR count). The van der Waals surface area contributed by atoms with Gasteiger partial charge in [-0.2, -0.15) is 5.26 Å². The van der Waals surface area contributed by atoms with Crippen LogP contribution in [-0.2, 0) is 0 Å². The second-order valence-corrected chi connectivity index (χ2v) is 2.80. The maximum atomic E-state index is 8.39. The van der Waals surface area contributed by atoms with Gasteiger partial charge in [0.2, 0.25) is 0 Å². The predicted octanol–water partition coefficient (Wildman–Crippen LogP) is 0.831. The van der Waals surface area contributed by atoms with E-state index in [2.05, 4.69) is 23.2 Å². The molecule has 0 aliphatic heterocycles. The lowest BCUT2D eigenvalue weighted by atomic mass is 10.3. The van der Waals surface area contributed by atoms with Gasteiger partial charge in [0.25, 0.3) is 0 Å². The molecule has 0 radical (unpaired) electrons. The molecule has 0 amide bonds. The molecule has 0 saturated carbocycles. The summed E-state index contributed by atoms with van der Waals surface area (Å²) in [6.07, 6.45) is 1.81. The largest absolute Gasteiger partial charge is 0.320 e. The topological polar surface area (TPSA) is 39.1 Å². The van der Waals surface area contributed by atoms with Gasteiger partial charge in [0.05, 0.1) is 6.07 Å². The third kappa shape index (κ3) is 6.14. The highest BCUT2D eigenvalue weighted by molar-refractivity contribution is 4.71. The van der Waals surface area contributed by atoms with Crippen molar-refractivity contribution >= 4 is 0 Å². The first-order valence-corrected chi connectivity index (χ1v) is 4.59. The van der Waals surface area contributed by atoms with Crippen LogP contribution in [0.5, 0.6) is 0 Å². The van der Waals surface area contributed by atoms with Gasteiger partial charge in [-0.1, -0.05) is 6.92 Å². The van der Waals surface area contributed by atoms with Crippen LogP contribution in [0.15, 0.2) is 0 Å². The van der Waals surface area contributed by atoms with Crippen LogP contribution >= 0.6 is 0 Å². The van der Waals surface area contributed by atoms with Gasteiger partial charge in [-0.15, -0.1) is 0 Å². The number of hydrogen-bond donors (Lipinski definition) is 1. The van der Waals surface area contributed by atoms with E-state index in [1.807, 2.05) is 7.05 Å². The molecule has 0 fully saturated rings. The van der Waals surface area contributed by atoms with Crippen molar-refractivity contribution in [3.05, 3.63) is 0 Å². The van der Waals surface area contributed by atoms with Gasteiger partial charge in [-0.25, -0.2) is 0 Å². The molecule has 0 aromatic carbocycles. The molecular formula is C9H19N3. The Balaban J connectivity index is 3.34. The lowest BCUT2D eigenvalue weighted by Crippen LogP contribution is -2.27. The monoisotopic (exact) mass is 169 g/mol. The second kappa shape index (κ2) is 8.51. The van der Waals surface area contributed by atoms with Crippen LogP contribution in [0.3, 0.4) is 0 Å². The summed E-state index contributed by atoms with van der Waals surface area (Å²) in [5.74, 6) is 0. The van der Waals surface area contributed by atoms with Gasteiger partial charge >= 0.3 is 0 Å². The second-order valence-electron chi connectivity index (χ2n) is 2.80. The number of hydrogen-bond acceptors (Lipinski definition) is 3. The molecule has 1 N–H and O–H groups in total. The molecule has 3 heteroatoms. The minimum absolute atomic E-state index is 0.646.